The van der Waals surface area contributed by atoms with Crippen LogP contribution in [0.4, 0.5) is 33.6 Å². The number of hydrogen-bond donors (Lipinski definition) is 4. The molecule has 3 aromatic heterocycles. The average molecular weight is 759 g/mol. The zero-order valence-corrected chi connectivity index (χ0v) is 28.6. The highest BCUT2D eigenvalue weighted by Crippen LogP contribution is 2.34. The van der Waals surface area contributed by atoms with E-state index in [9.17, 15) is 36.3 Å². The number of benzene rings is 3. The van der Waals surface area contributed by atoms with E-state index >= 15 is 0 Å². The number of rotatable bonds is 9. The summed E-state index contributed by atoms with van der Waals surface area (Å²) < 4.78 is 67.3. The maximum atomic E-state index is 14.5. The van der Waals surface area contributed by atoms with Crippen molar-refractivity contribution in [1.29, 1.82) is 0 Å². The van der Waals surface area contributed by atoms with Gasteiger partial charge in [-0.25, -0.2) is 23.5 Å². The van der Waals surface area contributed by atoms with Crippen LogP contribution in [0.5, 0.6) is 0 Å². The Hall–Kier alpha value is -6.14. The van der Waals surface area contributed by atoms with Crippen LogP contribution in [0, 0.1) is 11.6 Å². The molecule has 0 bridgehead atoms. The van der Waals surface area contributed by atoms with Gasteiger partial charge in [0.05, 0.1) is 27.7 Å². The molecule has 0 spiro atoms. The van der Waals surface area contributed by atoms with E-state index in [0.29, 0.717) is 29.0 Å². The van der Waals surface area contributed by atoms with Crippen LogP contribution in [0.2, 0.25) is 5.02 Å². The van der Waals surface area contributed by atoms with Gasteiger partial charge in [-0.3, -0.25) is 9.59 Å². The second kappa shape index (κ2) is 15.6. The van der Waals surface area contributed by atoms with Gasteiger partial charge in [-0.15, -0.1) is 4.73 Å². The van der Waals surface area contributed by atoms with E-state index in [1.54, 1.807) is 0 Å². The summed E-state index contributed by atoms with van der Waals surface area (Å²) in [6.07, 6.45) is -3.48. The Morgan fingerprint density at radius 2 is 1.79 bits per heavy atom. The Labute approximate surface area is 301 Å². The maximum Gasteiger partial charge on any atom is 0.419 e. The number of pyridine rings is 1. The van der Waals surface area contributed by atoms with Crippen molar-refractivity contribution < 1.29 is 41.5 Å². The van der Waals surface area contributed by atoms with E-state index in [1.807, 2.05) is 19.0 Å². The highest BCUT2D eigenvalue weighted by atomic mass is 35.5. The van der Waals surface area contributed by atoms with Gasteiger partial charge in [0, 0.05) is 40.9 Å². The molecule has 6 aromatic rings. The van der Waals surface area contributed by atoms with Crippen LogP contribution >= 0.6 is 11.6 Å². The number of nitrogens with one attached hydrogen (secondary N) is 3. The quantitative estimate of drug-likeness (QED) is 0.129. The van der Waals surface area contributed by atoms with Crippen molar-refractivity contribution in [3.8, 4) is 11.1 Å². The molecule has 0 unspecified atom stereocenters. The lowest BCUT2D eigenvalue weighted by molar-refractivity contribution is -0.140. The second-order valence-corrected chi connectivity index (χ2v) is 11.8. The van der Waals surface area contributed by atoms with Crippen molar-refractivity contribution in [1.82, 2.24) is 29.6 Å². The minimum Gasteiger partial charge on any atom is -0.475 e. The molecular weight excluding hydrogens is 731 g/mol. The summed E-state index contributed by atoms with van der Waals surface area (Å²) in [6.45, 7) is 1.29. The molecule has 19 heteroatoms. The number of likely N-dealkylation sites (N-methyl/N-ethyl adjacent to an activating group) is 1. The maximum absolute atomic E-state index is 14.5. The smallest absolute Gasteiger partial charge is 0.419 e. The topological polar surface area (TPSA) is 167 Å². The van der Waals surface area contributed by atoms with E-state index in [4.69, 9.17) is 21.5 Å². The summed E-state index contributed by atoms with van der Waals surface area (Å²) in [5, 5.41) is 14.6. The molecule has 0 aliphatic rings. The van der Waals surface area contributed by atoms with Crippen LogP contribution in [0.1, 0.15) is 26.5 Å². The molecule has 0 aliphatic heterocycles. The van der Waals surface area contributed by atoms with Crippen LogP contribution < -0.4 is 21.0 Å². The largest absolute Gasteiger partial charge is 0.475 e. The first-order valence-corrected chi connectivity index (χ1v) is 15.7. The fraction of sp³-hybridized carbons (Fsp3) is 0.176. The molecule has 6 rings (SSSR count). The van der Waals surface area contributed by atoms with E-state index < -0.39 is 46.4 Å². The predicted octanol–water partition coefficient (Wildman–Crippen LogP) is 5.95. The van der Waals surface area contributed by atoms with Crippen LogP contribution in [0.15, 0.2) is 71.7 Å². The minimum atomic E-state index is -4.97. The lowest BCUT2D eigenvalue weighted by Crippen LogP contribution is -2.28. The number of halogens is 6. The highest BCUT2D eigenvalue weighted by Gasteiger charge is 2.35. The van der Waals surface area contributed by atoms with E-state index in [1.165, 1.54) is 55.8 Å². The molecule has 4 N–H and O–H groups in total. The molecule has 53 heavy (non-hydrogen) atoms. The number of alkyl halides is 3. The van der Waals surface area contributed by atoms with Crippen molar-refractivity contribution in [3.63, 3.8) is 0 Å². The van der Waals surface area contributed by atoms with Gasteiger partial charge in [-0.2, -0.15) is 18.2 Å². The number of hydrogen-bond acceptors (Lipinski definition) is 9. The van der Waals surface area contributed by atoms with Gasteiger partial charge >= 0.3 is 12.1 Å². The molecule has 1 amide bonds. The van der Waals surface area contributed by atoms with Crippen LogP contribution in [0.3, 0.4) is 0 Å². The zero-order chi connectivity index (χ0) is 38.6. The third-order valence-electron chi connectivity index (χ3n) is 7.44. The molecule has 0 atom stereocenters. The molecule has 0 aliphatic carbocycles. The van der Waals surface area contributed by atoms with Crippen LogP contribution in [0.25, 0.3) is 33.2 Å². The normalized spacial score (nSPS) is 11.4. The SMILES string of the molecule is COn1c(=O)c(-c2cc(NC(=O)c3cccc(C(F)(F)F)c3F)ccc2Cl)cc2cnc(NCCN(C)C)nc21.O=C(O)c1nc2ccc(F)cc2[nH]1. The Kier molecular flexibility index (Phi) is 11.2. The van der Waals surface area contributed by atoms with Gasteiger partial charge in [0.2, 0.25) is 11.8 Å². The Balaban J connectivity index is 0.000000347. The summed E-state index contributed by atoms with van der Waals surface area (Å²) in [5.74, 6) is -4.29. The first kappa shape index (κ1) is 38.1. The first-order chi connectivity index (χ1) is 25.1. The van der Waals surface area contributed by atoms with E-state index in [2.05, 4.69) is 30.6 Å². The number of imidazole rings is 1. The lowest BCUT2D eigenvalue weighted by atomic mass is 10.0. The first-order valence-electron chi connectivity index (χ1n) is 15.3. The zero-order valence-electron chi connectivity index (χ0n) is 27.8. The number of amides is 1. The van der Waals surface area contributed by atoms with Crippen LogP contribution in [-0.4, -0.2) is 80.8 Å². The van der Waals surface area contributed by atoms with Crippen LogP contribution in [-0.2, 0) is 6.18 Å². The molecule has 0 saturated carbocycles. The van der Waals surface area contributed by atoms with Crippen molar-refractivity contribution in [2.75, 3.05) is 44.9 Å². The van der Waals surface area contributed by atoms with E-state index in [0.717, 1.165) is 23.4 Å². The number of anilines is 2. The van der Waals surface area contributed by atoms with Crippen molar-refractivity contribution in [2.24, 2.45) is 0 Å². The number of nitrogens with zero attached hydrogens (tertiary/aromatic N) is 5. The number of H-pyrrole nitrogens is 1. The summed E-state index contributed by atoms with van der Waals surface area (Å²) in [6, 6.07) is 11.8. The Morgan fingerprint density at radius 1 is 1.04 bits per heavy atom. The fourth-order valence-electron chi connectivity index (χ4n) is 4.93. The number of carboxylic acids is 1. The number of aromatic amines is 1. The number of carbonyl (C=O) groups is 2. The van der Waals surface area contributed by atoms with Crippen molar-refractivity contribution in [2.45, 2.75) is 6.18 Å². The number of aromatic carboxylic acids is 1. The third-order valence-corrected chi connectivity index (χ3v) is 7.77. The summed E-state index contributed by atoms with van der Waals surface area (Å²) in [4.78, 5) is 58.6. The second-order valence-electron chi connectivity index (χ2n) is 11.4. The molecule has 0 fully saturated rings. The predicted molar refractivity (Wildman–Crippen MR) is 186 cm³/mol. The summed E-state index contributed by atoms with van der Waals surface area (Å²) in [7, 11) is 5.12. The van der Waals surface area contributed by atoms with Gasteiger partial charge in [0.15, 0.2) is 5.65 Å². The number of carbonyl (C=O) groups excluding carboxylic acids is 1. The van der Waals surface area contributed by atoms with Gasteiger partial charge in [0.25, 0.3) is 11.5 Å². The molecule has 13 nitrogen and oxygen atoms in total. The molecule has 0 radical (unpaired) electrons. The molecule has 276 valence electrons. The van der Waals surface area contributed by atoms with Crippen molar-refractivity contribution in [3.05, 3.63) is 111 Å². The summed E-state index contributed by atoms with van der Waals surface area (Å²) in [5.41, 5.74) is -1.66. The molecular formula is C34H28ClF5N8O5. The Morgan fingerprint density at radius 3 is 2.47 bits per heavy atom. The molecule has 0 saturated heterocycles. The number of carboxylic acid groups (broad SMARTS) is 1. The molecule has 3 heterocycles. The van der Waals surface area contributed by atoms with Gasteiger partial charge < -0.3 is 30.5 Å². The fourth-order valence-corrected chi connectivity index (χ4v) is 5.14. The summed E-state index contributed by atoms with van der Waals surface area (Å²) >= 11 is 6.38. The lowest BCUT2D eigenvalue weighted by Gasteiger charge is -2.14. The standard InChI is InChI=1S/C26H23ClF4N6O3.C8H5FN2O2/c1-36(2)10-9-32-25-33-13-14-11-18(24(39)37(40-3)22(14)35-25)17-12-15(7-8-20(17)27)34-23(38)16-5-4-6-19(21(16)28)26(29,30)31;9-4-1-2-5-6(3-4)11-7(10-5)8(12)13/h4-8,11-13H,9-10H2,1-3H3,(H,34,38)(H,32,33,35);1-3H,(H,10,11)(H,12,13). The minimum absolute atomic E-state index is 0.0568. The van der Waals surface area contributed by atoms with Gasteiger partial charge in [0.1, 0.15) is 18.7 Å². The van der Waals surface area contributed by atoms with E-state index in [-0.39, 0.29) is 39.3 Å². The average Bonchev–Trinajstić information content (AvgIpc) is 3.52. The monoisotopic (exact) mass is 758 g/mol. The number of aromatic nitrogens is 5. The highest BCUT2D eigenvalue weighted by molar-refractivity contribution is 6.33. The third kappa shape index (κ3) is 8.67. The Bertz CT molecular complexity index is 2400. The van der Waals surface area contributed by atoms with Crippen molar-refractivity contribution >= 4 is 57.2 Å². The van der Waals surface area contributed by atoms with Gasteiger partial charge in [-0.05, 0) is 68.7 Å². The van der Waals surface area contributed by atoms with Gasteiger partial charge in [-0.1, -0.05) is 17.7 Å². The molecule has 3 aromatic carbocycles. The number of fused-ring (bicyclic) bond motifs is 2.